The number of anilines is 1. The molecule has 1 fully saturated rings. The van der Waals surface area contributed by atoms with Crippen LogP contribution in [-0.4, -0.2) is 40.1 Å². The summed E-state index contributed by atoms with van der Waals surface area (Å²) in [6.07, 6.45) is 1.68. The largest absolute Gasteiger partial charge is 0.338 e. The number of nitrogens with one attached hydrogen (secondary N) is 2. The summed E-state index contributed by atoms with van der Waals surface area (Å²) in [5, 5.41) is 14.5. The lowest BCUT2D eigenvalue weighted by Gasteiger charge is -2.23. The van der Waals surface area contributed by atoms with Gasteiger partial charge in [0.25, 0.3) is 5.91 Å². The van der Waals surface area contributed by atoms with E-state index in [9.17, 15) is 14.0 Å². The van der Waals surface area contributed by atoms with Gasteiger partial charge in [0.15, 0.2) is 0 Å². The molecule has 1 atom stereocenters. The quantitative estimate of drug-likeness (QED) is 0.817. The minimum absolute atomic E-state index is 0.112. The third-order valence-corrected chi connectivity index (χ3v) is 5.22. The Kier molecular flexibility index (Phi) is 6.00. The lowest BCUT2D eigenvalue weighted by Crippen LogP contribution is -2.40. The van der Waals surface area contributed by atoms with Crippen LogP contribution in [0.15, 0.2) is 24.3 Å². The molecule has 1 saturated heterocycles. The van der Waals surface area contributed by atoms with E-state index in [1.54, 1.807) is 4.90 Å². The normalized spacial score (nSPS) is 16.6. The van der Waals surface area contributed by atoms with Crippen molar-refractivity contribution in [2.45, 2.75) is 32.7 Å². The van der Waals surface area contributed by atoms with Gasteiger partial charge in [0.05, 0.1) is 6.04 Å². The summed E-state index contributed by atoms with van der Waals surface area (Å²) in [4.78, 5) is 26.5. The number of benzene rings is 1. The van der Waals surface area contributed by atoms with E-state index in [2.05, 4.69) is 20.8 Å². The van der Waals surface area contributed by atoms with Crippen LogP contribution in [0.3, 0.4) is 0 Å². The van der Waals surface area contributed by atoms with Gasteiger partial charge in [0.1, 0.15) is 10.8 Å². The van der Waals surface area contributed by atoms with Crippen molar-refractivity contribution in [3.8, 4) is 0 Å². The second kappa shape index (κ2) is 8.43. The Bertz CT molecular complexity index is 808. The predicted molar refractivity (Wildman–Crippen MR) is 101 cm³/mol. The SMILES string of the molecule is CC(C)CNC(=O)N1CCC[C@@H]1c1nnc(C(=O)Nc2ccc(F)cc2)s1. The molecule has 27 heavy (non-hydrogen) atoms. The fraction of sp³-hybridized carbons (Fsp3) is 0.444. The molecule has 0 radical (unpaired) electrons. The van der Waals surface area contributed by atoms with Crippen molar-refractivity contribution in [1.82, 2.24) is 20.4 Å². The molecule has 9 heteroatoms. The first kappa shape index (κ1) is 19.2. The molecule has 144 valence electrons. The number of nitrogens with zero attached hydrogens (tertiary/aromatic N) is 3. The third-order valence-electron chi connectivity index (χ3n) is 4.20. The molecule has 2 heterocycles. The second-order valence-electron chi connectivity index (χ2n) is 6.84. The molecule has 0 aliphatic carbocycles. The molecule has 0 saturated carbocycles. The van der Waals surface area contributed by atoms with Crippen LogP contribution in [0.4, 0.5) is 14.9 Å². The highest BCUT2D eigenvalue weighted by atomic mass is 32.1. The fourth-order valence-electron chi connectivity index (χ4n) is 2.84. The molecule has 1 aromatic heterocycles. The minimum atomic E-state index is -0.404. The molecule has 0 bridgehead atoms. The van der Waals surface area contributed by atoms with E-state index in [4.69, 9.17) is 0 Å². The van der Waals surface area contributed by atoms with Crippen LogP contribution >= 0.6 is 11.3 Å². The smallest absolute Gasteiger partial charge is 0.318 e. The predicted octanol–water partition coefficient (Wildman–Crippen LogP) is 3.43. The number of urea groups is 1. The van der Waals surface area contributed by atoms with Gasteiger partial charge in [0, 0.05) is 18.8 Å². The van der Waals surface area contributed by atoms with Crippen LogP contribution < -0.4 is 10.6 Å². The second-order valence-corrected chi connectivity index (χ2v) is 7.85. The van der Waals surface area contributed by atoms with Crippen molar-refractivity contribution in [3.05, 3.63) is 40.1 Å². The fourth-order valence-corrected chi connectivity index (χ4v) is 3.72. The summed E-state index contributed by atoms with van der Waals surface area (Å²) >= 11 is 1.18. The number of amides is 3. The van der Waals surface area contributed by atoms with Gasteiger partial charge >= 0.3 is 6.03 Å². The van der Waals surface area contributed by atoms with Crippen molar-refractivity contribution >= 4 is 29.0 Å². The molecule has 1 aromatic carbocycles. The Morgan fingerprint density at radius 3 is 2.74 bits per heavy atom. The first-order valence-electron chi connectivity index (χ1n) is 8.89. The highest BCUT2D eigenvalue weighted by Crippen LogP contribution is 2.33. The summed E-state index contributed by atoms with van der Waals surface area (Å²) in [6.45, 7) is 5.35. The summed E-state index contributed by atoms with van der Waals surface area (Å²) in [7, 11) is 0. The van der Waals surface area contributed by atoms with Gasteiger partial charge in [0.2, 0.25) is 5.01 Å². The van der Waals surface area contributed by atoms with Crippen LogP contribution in [0.1, 0.15) is 47.5 Å². The number of hydrogen-bond acceptors (Lipinski definition) is 5. The first-order chi connectivity index (χ1) is 12.9. The highest BCUT2D eigenvalue weighted by molar-refractivity contribution is 7.13. The zero-order valence-electron chi connectivity index (χ0n) is 15.2. The molecule has 0 unspecified atom stereocenters. The van der Waals surface area contributed by atoms with Crippen LogP contribution in [0.2, 0.25) is 0 Å². The van der Waals surface area contributed by atoms with Gasteiger partial charge in [-0.1, -0.05) is 25.2 Å². The number of carbonyl (C=O) groups is 2. The summed E-state index contributed by atoms with van der Waals surface area (Å²) in [6, 6.07) is 5.22. The Balaban J connectivity index is 1.66. The van der Waals surface area contributed by atoms with Crippen molar-refractivity contribution in [3.63, 3.8) is 0 Å². The topological polar surface area (TPSA) is 87.2 Å². The van der Waals surface area contributed by atoms with E-state index in [-0.39, 0.29) is 22.9 Å². The maximum Gasteiger partial charge on any atom is 0.318 e. The van der Waals surface area contributed by atoms with E-state index < -0.39 is 5.91 Å². The monoisotopic (exact) mass is 391 g/mol. The lowest BCUT2D eigenvalue weighted by molar-refractivity contribution is 0.102. The van der Waals surface area contributed by atoms with Crippen LogP contribution in [-0.2, 0) is 0 Å². The number of carbonyl (C=O) groups excluding carboxylic acids is 2. The lowest BCUT2D eigenvalue weighted by atomic mass is 10.2. The number of halogens is 1. The standard InChI is InChI=1S/C18H22FN5O2S/c1-11(2)10-20-18(26)24-9-3-4-14(24)16-22-23-17(27-16)15(25)21-13-7-5-12(19)6-8-13/h5-8,11,14H,3-4,9-10H2,1-2H3,(H,20,26)(H,21,25)/t14-/m1/s1. The van der Waals surface area contributed by atoms with Gasteiger partial charge in [-0.15, -0.1) is 10.2 Å². The molecule has 1 aliphatic rings. The van der Waals surface area contributed by atoms with Gasteiger partial charge in [-0.25, -0.2) is 9.18 Å². The van der Waals surface area contributed by atoms with Crippen molar-refractivity contribution in [2.75, 3.05) is 18.4 Å². The Labute approximate surface area is 161 Å². The van der Waals surface area contributed by atoms with Gasteiger partial charge in [-0.3, -0.25) is 4.79 Å². The highest BCUT2D eigenvalue weighted by Gasteiger charge is 2.33. The molecule has 3 amide bonds. The average molecular weight is 391 g/mol. The molecule has 0 spiro atoms. The minimum Gasteiger partial charge on any atom is -0.338 e. The van der Waals surface area contributed by atoms with E-state index in [0.29, 0.717) is 29.7 Å². The molecule has 2 N–H and O–H groups in total. The first-order valence-corrected chi connectivity index (χ1v) is 9.70. The van der Waals surface area contributed by atoms with Gasteiger partial charge in [-0.2, -0.15) is 0 Å². The summed E-state index contributed by atoms with van der Waals surface area (Å²) in [5.74, 6) is -0.402. The number of aromatic nitrogens is 2. The van der Waals surface area contributed by atoms with Crippen LogP contribution in [0.5, 0.6) is 0 Å². The maximum absolute atomic E-state index is 13.0. The molecular formula is C18H22FN5O2S. The number of rotatable bonds is 5. The molecule has 1 aliphatic heterocycles. The van der Waals surface area contributed by atoms with Crippen molar-refractivity contribution in [1.29, 1.82) is 0 Å². The van der Waals surface area contributed by atoms with Crippen LogP contribution in [0, 0.1) is 11.7 Å². The number of hydrogen-bond donors (Lipinski definition) is 2. The average Bonchev–Trinajstić information content (AvgIpc) is 3.30. The van der Waals surface area contributed by atoms with Crippen molar-refractivity contribution < 1.29 is 14.0 Å². The molecule has 2 aromatic rings. The van der Waals surface area contributed by atoms with Gasteiger partial charge < -0.3 is 15.5 Å². The Hall–Kier alpha value is -2.55. The van der Waals surface area contributed by atoms with Crippen molar-refractivity contribution in [2.24, 2.45) is 5.92 Å². The van der Waals surface area contributed by atoms with Gasteiger partial charge in [-0.05, 0) is 43.0 Å². The third kappa shape index (κ3) is 4.79. The summed E-state index contributed by atoms with van der Waals surface area (Å²) < 4.78 is 13.0. The summed E-state index contributed by atoms with van der Waals surface area (Å²) in [5.41, 5.74) is 0.480. The molecule has 7 nitrogen and oxygen atoms in total. The Morgan fingerprint density at radius 1 is 1.30 bits per heavy atom. The van der Waals surface area contributed by atoms with E-state index in [1.807, 2.05) is 13.8 Å². The zero-order chi connectivity index (χ0) is 19.4. The van der Waals surface area contributed by atoms with E-state index in [1.165, 1.54) is 35.6 Å². The molecular weight excluding hydrogens is 369 g/mol. The van der Waals surface area contributed by atoms with Crippen LogP contribution in [0.25, 0.3) is 0 Å². The number of likely N-dealkylation sites (tertiary alicyclic amines) is 1. The van der Waals surface area contributed by atoms with E-state index >= 15 is 0 Å². The molecule has 3 rings (SSSR count). The van der Waals surface area contributed by atoms with E-state index in [0.717, 1.165) is 12.8 Å². The Morgan fingerprint density at radius 2 is 2.04 bits per heavy atom. The maximum atomic E-state index is 13.0. The zero-order valence-corrected chi connectivity index (χ0v) is 16.1.